The smallest absolute Gasteiger partial charge is 0.0571 e. The summed E-state index contributed by atoms with van der Waals surface area (Å²) in [6.45, 7) is 15.0. The zero-order valence-corrected chi connectivity index (χ0v) is 13.6. The first-order chi connectivity index (χ1) is 8.42. The normalized spacial score (nSPS) is 14.2. The molecule has 0 bridgehead atoms. The molecule has 0 aliphatic carbocycles. The Balaban J connectivity index is 3.70. The topological polar surface area (TPSA) is 12.5 Å². The Morgan fingerprint density at radius 3 is 2.00 bits per heavy atom. The quantitative estimate of drug-likeness (QED) is 0.577. The van der Waals surface area contributed by atoms with E-state index in [-0.39, 0.29) is 0 Å². The molecule has 0 unspecified atom stereocenters. The van der Waals surface area contributed by atoms with Crippen molar-refractivity contribution in [3.63, 3.8) is 0 Å². The minimum absolute atomic E-state index is 0.458. The summed E-state index contributed by atoms with van der Waals surface area (Å²) in [7, 11) is 1.86. The van der Waals surface area contributed by atoms with E-state index in [9.17, 15) is 0 Å². The molecule has 0 aromatic heterocycles. The van der Waals surface area contributed by atoms with Crippen LogP contribution in [0.3, 0.4) is 0 Å². The van der Waals surface area contributed by atoms with E-state index in [1.54, 1.807) is 0 Å². The van der Waals surface area contributed by atoms with Gasteiger partial charge < -0.3 is 9.64 Å². The summed E-state index contributed by atoms with van der Waals surface area (Å²) < 4.78 is 5.60. The van der Waals surface area contributed by atoms with Gasteiger partial charge in [0.1, 0.15) is 0 Å². The molecule has 0 radical (unpaired) electrons. The highest BCUT2D eigenvalue weighted by molar-refractivity contribution is 4.65. The number of methoxy groups -OCH3 is 1. The van der Waals surface area contributed by atoms with E-state index in [0.29, 0.717) is 11.5 Å². The zero-order valence-electron chi connectivity index (χ0n) is 13.6. The maximum atomic E-state index is 5.60. The van der Waals surface area contributed by atoms with Gasteiger partial charge >= 0.3 is 0 Å². The number of rotatable bonds is 10. The molecule has 0 aliphatic heterocycles. The molecule has 1 atom stereocenters. The summed E-state index contributed by atoms with van der Waals surface area (Å²) >= 11 is 0. The van der Waals surface area contributed by atoms with Crippen LogP contribution in [0.4, 0.5) is 0 Å². The van der Waals surface area contributed by atoms with Crippen molar-refractivity contribution in [3.05, 3.63) is 0 Å². The maximum Gasteiger partial charge on any atom is 0.0571 e. The Morgan fingerprint density at radius 2 is 1.56 bits per heavy atom. The summed E-state index contributed by atoms with van der Waals surface area (Å²) in [6, 6.07) is 0. The van der Waals surface area contributed by atoms with Gasteiger partial charge in [0, 0.05) is 7.11 Å². The van der Waals surface area contributed by atoms with Gasteiger partial charge in [0.25, 0.3) is 0 Å². The van der Waals surface area contributed by atoms with Crippen LogP contribution in [0.5, 0.6) is 0 Å². The minimum Gasteiger partial charge on any atom is -0.381 e. The monoisotopic (exact) mass is 257 g/mol. The van der Waals surface area contributed by atoms with E-state index in [4.69, 9.17) is 4.74 Å². The number of hydrogen-bond donors (Lipinski definition) is 0. The third kappa shape index (κ3) is 9.90. The van der Waals surface area contributed by atoms with Gasteiger partial charge in [-0.15, -0.1) is 0 Å². The van der Waals surface area contributed by atoms with Crippen LogP contribution < -0.4 is 0 Å². The second kappa shape index (κ2) is 9.80. The molecule has 0 saturated heterocycles. The summed E-state index contributed by atoms with van der Waals surface area (Å²) in [5.41, 5.74) is 0.458. The van der Waals surface area contributed by atoms with Gasteiger partial charge in [0.2, 0.25) is 0 Å². The third-order valence-electron chi connectivity index (χ3n) is 3.68. The molecule has 2 nitrogen and oxygen atoms in total. The molecule has 0 fully saturated rings. The maximum absolute atomic E-state index is 5.60. The fraction of sp³-hybridized carbons (Fsp3) is 1.00. The molecule has 2 heteroatoms. The third-order valence-corrected chi connectivity index (χ3v) is 3.68. The van der Waals surface area contributed by atoms with Gasteiger partial charge in [-0.1, -0.05) is 41.0 Å². The molecule has 0 aliphatic rings. The Bertz CT molecular complexity index is 182. The predicted molar refractivity (Wildman–Crippen MR) is 81.1 cm³/mol. The highest BCUT2D eigenvalue weighted by Crippen LogP contribution is 2.23. The number of hydrogen-bond acceptors (Lipinski definition) is 2. The van der Waals surface area contributed by atoms with Gasteiger partial charge in [-0.05, 0) is 50.7 Å². The standard InChI is InChI=1S/C16H35NO/c1-7-17(8-2)14-10-12-15(18-6)11-9-13-16(3,4)5/h15H,7-14H2,1-6H3/t15-/m0/s1. The lowest BCUT2D eigenvalue weighted by atomic mass is 9.89. The summed E-state index contributed by atoms with van der Waals surface area (Å²) in [6.07, 6.45) is 6.72. The van der Waals surface area contributed by atoms with Gasteiger partial charge in [-0.2, -0.15) is 0 Å². The van der Waals surface area contributed by atoms with Gasteiger partial charge in [-0.25, -0.2) is 0 Å². The Morgan fingerprint density at radius 1 is 1.00 bits per heavy atom. The van der Waals surface area contributed by atoms with Crippen LogP contribution in [-0.2, 0) is 4.74 Å². The van der Waals surface area contributed by atoms with Crippen LogP contribution in [0, 0.1) is 5.41 Å². The average molecular weight is 257 g/mol. The van der Waals surface area contributed by atoms with Crippen molar-refractivity contribution in [1.29, 1.82) is 0 Å². The fourth-order valence-corrected chi connectivity index (χ4v) is 2.32. The average Bonchev–Trinajstić information content (AvgIpc) is 2.31. The molecule has 0 N–H and O–H groups in total. The van der Waals surface area contributed by atoms with Crippen LogP contribution in [0.25, 0.3) is 0 Å². The second-order valence-electron chi connectivity index (χ2n) is 6.48. The van der Waals surface area contributed by atoms with Crippen molar-refractivity contribution >= 4 is 0 Å². The molecule has 0 heterocycles. The summed E-state index contributed by atoms with van der Waals surface area (Å²) in [5, 5.41) is 0. The van der Waals surface area contributed by atoms with Crippen molar-refractivity contribution < 1.29 is 4.74 Å². The zero-order chi connectivity index (χ0) is 14.0. The van der Waals surface area contributed by atoms with Crippen LogP contribution >= 0.6 is 0 Å². The van der Waals surface area contributed by atoms with Crippen molar-refractivity contribution in [2.75, 3.05) is 26.7 Å². The highest BCUT2D eigenvalue weighted by atomic mass is 16.5. The predicted octanol–water partition coefficient (Wildman–Crippen LogP) is 4.34. The van der Waals surface area contributed by atoms with E-state index in [2.05, 4.69) is 39.5 Å². The molecule has 110 valence electrons. The van der Waals surface area contributed by atoms with Crippen molar-refractivity contribution in [2.24, 2.45) is 5.41 Å². The lowest BCUT2D eigenvalue weighted by Crippen LogP contribution is -2.25. The Labute approximate surface area is 115 Å². The molecule has 18 heavy (non-hydrogen) atoms. The van der Waals surface area contributed by atoms with E-state index in [0.717, 1.165) is 13.1 Å². The fourth-order valence-electron chi connectivity index (χ4n) is 2.32. The lowest BCUT2D eigenvalue weighted by molar-refractivity contribution is 0.0786. The van der Waals surface area contributed by atoms with Crippen molar-refractivity contribution in [1.82, 2.24) is 4.90 Å². The van der Waals surface area contributed by atoms with E-state index in [1.807, 2.05) is 7.11 Å². The van der Waals surface area contributed by atoms with Crippen LogP contribution in [0.2, 0.25) is 0 Å². The molecular weight excluding hydrogens is 222 g/mol. The molecular formula is C16H35NO. The highest BCUT2D eigenvalue weighted by Gasteiger charge is 2.13. The molecule has 0 aromatic rings. The molecule has 0 amide bonds. The molecule has 0 spiro atoms. The first-order valence-corrected chi connectivity index (χ1v) is 7.68. The van der Waals surface area contributed by atoms with E-state index >= 15 is 0 Å². The first kappa shape index (κ1) is 17.9. The van der Waals surface area contributed by atoms with Crippen molar-refractivity contribution in [3.8, 4) is 0 Å². The largest absolute Gasteiger partial charge is 0.381 e. The number of ether oxygens (including phenoxy) is 1. The van der Waals surface area contributed by atoms with Gasteiger partial charge in [-0.3, -0.25) is 0 Å². The van der Waals surface area contributed by atoms with Crippen LogP contribution in [-0.4, -0.2) is 37.7 Å². The van der Waals surface area contributed by atoms with Crippen LogP contribution in [0.1, 0.15) is 66.7 Å². The van der Waals surface area contributed by atoms with Gasteiger partial charge in [0.05, 0.1) is 6.10 Å². The lowest BCUT2D eigenvalue weighted by Gasteiger charge is -2.22. The Hall–Kier alpha value is -0.0800. The minimum atomic E-state index is 0.458. The Kier molecular flexibility index (Phi) is 9.76. The number of nitrogens with zero attached hydrogens (tertiary/aromatic N) is 1. The SMILES string of the molecule is CCN(CC)CCC[C@H](CCCC(C)(C)C)OC. The molecule has 0 saturated carbocycles. The molecule has 0 rings (SSSR count). The van der Waals surface area contributed by atoms with E-state index in [1.165, 1.54) is 38.6 Å². The van der Waals surface area contributed by atoms with E-state index < -0.39 is 0 Å². The van der Waals surface area contributed by atoms with Gasteiger partial charge in [0.15, 0.2) is 0 Å². The van der Waals surface area contributed by atoms with Crippen LogP contribution in [0.15, 0.2) is 0 Å². The second-order valence-corrected chi connectivity index (χ2v) is 6.48. The van der Waals surface area contributed by atoms with Crippen molar-refractivity contribution in [2.45, 2.75) is 72.8 Å². The molecule has 0 aromatic carbocycles. The summed E-state index contributed by atoms with van der Waals surface area (Å²) in [4.78, 5) is 2.49. The first-order valence-electron chi connectivity index (χ1n) is 7.68. The summed E-state index contributed by atoms with van der Waals surface area (Å²) in [5.74, 6) is 0.